The summed E-state index contributed by atoms with van der Waals surface area (Å²) in [6, 6.07) is 7.27. The number of aromatic nitrogens is 1. The van der Waals surface area contributed by atoms with Gasteiger partial charge in [0.05, 0.1) is 4.88 Å². The molecule has 0 spiro atoms. The fraction of sp³-hybridized carbons (Fsp3) is 0.267. The topological polar surface area (TPSA) is 71.1 Å². The molecule has 6 heteroatoms. The Bertz CT molecular complexity index is 594. The Hall–Kier alpha value is -2.21. The molecule has 0 fully saturated rings. The van der Waals surface area contributed by atoms with E-state index in [4.69, 9.17) is 0 Å². The first kappa shape index (κ1) is 15.2. The van der Waals surface area contributed by atoms with Crippen molar-refractivity contribution in [3.63, 3.8) is 0 Å². The van der Waals surface area contributed by atoms with Gasteiger partial charge >= 0.3 is 0 Å². The summed E-state index contributed by atoms with van der Waals surface area (Å²) >= 11 is 1.40. The smallest absolute Gasteiger partial charge is 0.261 e. The number of aryl methyl sites for hydroxylation is 1. The van der Waals surface area contributed by atoms with E-state index in [2.05, 4.69) is 15.6 Å². The summed E-state index contributed by atoms with van der Waals surface area (Å²) in [5.74, 6) is 0.357. The Balaban J connectivity index is 1.65. The third kappa shape index (κ3) is 5.00. The van der Waals surface area contributed by atoms with Crippen molar-refractivity contribution in [3.05, 3.63) is 46.3 Å². The molecule has 0 aliphatic heterocycles. The fourth-order valence-electron chi connectivity index (χ4n) is 1.69. The second-order valence-electron chi connectivity index (χ2n) is 4.61. The fourth-order valence-corrected chi connectivity index (χ4v) is 2.33. The maximum absolute atomic E-state index is 11.7. The molecule has 2 rings (SSSR count). The lowest BCUT2D eigenvalue weighted by Crippen LogP contribution is -2.24. The molecule has 0 saturated carbocycles. The van der Waals surface area contributed by atoms with Gasteiger partial charge in [0.2, 0.25) is 5.91 Å². The number of rotatable bonds is 6. The molecular weight excluding hydrogens is 286 g/mol. The molecule has 2 aromatic rings. The summed E-state index contributed by atoms with van der Waals surface area (Å²) in [6.45, 7) is 2.42. The van der Waals surface area contributed by atoms with Crippen molar-refractivity contribution in [2.75, 3.05) is 11.9 Å². The van der Waals surface area contributed by atoms with Gasteiger partial charge in [0.25, 0.3) is 5.91 Å². The van der Waals surface area contributed by atoms with E-state index in [1.54, 1.807) is 18.3 Å². The highest BCUT2D eigenvalue weighted by molar-refractivity contribution is 7.12. The zero-order valence-electron chi connectivity index (χ0n) is 11.8. The molecule has 0 unspecified atom stereocenters. The maximum atomic E-state index is 11.7. The van der Waals surface area contributed by atoms with Gasteiger partial charge in [0.1, 0.15) is 5.82 Å². The summed E-state index contributed by atoms with van der Waals surface area (Å²) in [5, 5.41) is 7.37. The van der Waals surface area contributed by atoms with Gasteiger partial charge in [-0.05, 0) is 36.4 Å². The van der Waals surface area contributed by atoms with Crippen LogP contribution in [0.25, 0.3) is 0 Å². The molecular formula is C15H17N3O2S. The van der Waals surface area contributed by atoms with Crippen LogP contribution in [0.5, 0.6) is 0 Å². The van der Waals surface area contributed by atoms with Gasteiger partial charge in [-0.3, -0.25) is 9.59 Å². The third-order valence-electron chi connectivity index (χ3n) is 2.79. The standard InChI is InChI=1S/C15H17N3O2S/c1-11-6-7-13(17-10-11)18-14(19)5-2-8-16-15(20)12-4-3-9-21-12/h3-4,6-7,9-10H,2,5,8H2,1H3,(H,16,20)(H,17,18,19). The number of hydrogen-bond donors (Lipinski definition) is 2. The number of anilines is 1. The lowest BCUT2D eigenvalue weighted by molar-refractivity contribution is -0.116. The first-order chi connectivity index (χ1) is 10.1. The van der Waals surface area contributed by atoms with E-state index in [0.717, 1.165) is 5.56 Å². The molecule has 0 atom stereocenters. The van der Waals surface area contributed by atoms with Gasteiger partial charge in [0, 0.05) is 19.2 Å². The lowest BCUT2D eigenvalue weighted by Gasteiger charge is -2.05. The largest absolute Gasteiger partial charge is 0.351 e. The van der Waals surface area contributed by atoms with Crippen LogP contribution in [0.1, 0.15) is 28.1 Å². The second kappa shape index (κ2) is 7.54. The number of amides is 2. The van der Waals surface area contributed by atoms with E-state index in [0.29, 0.717) is 30.1 Å². The Kier molecular flexibility index (Phi) is 5.45. The highest BCUT2D eigenvalue weighted by Crippen LogP contribution is 2.08. The molecule has 2 N–H and O–H groups in total. The Morgan fingerprint density at radius 2 is 2.14 bits per heavy atom. The van der Waals surface area contributed by atoms with Gasteiger partial charge in [-0.15, -0.1) is 11.3 Å². The van der Waals surface area contributed by atoms with Crippen molar-refractivity contribution in [1.29, 1.82) is 0 Å². The van der Waals surface area contributed by atoms with Crippen molar-refractivity contribution in [3.8, 4) is 0 Å². The van der Waals surface area contributed by atoms with Crippen LogP contribution in [-0.2, 0) is 4.79 Å². The van der Waals surface area contributed by atoms with Crippen LogP contribution in [0.4, 0.5) is 5.82 Å². The maximum Gasteiger partial charge on any atom is 0.261 e. The van der Waals surface area contributed by atoms with E-state index in [1.165, 1.54) is 11.3 Å². The lowest BCUT2D eigenvalue weighted by atomic mass is 10.3. The van der Waals surface area contributed by atoms with Gasteiger partial charge in [-0.2, -0.15) is 0 Å². The Morgan fingerprint density at radius 3 is 2.81 bits per heavy atom. The molecule has 0 radical (unpaired) electrons. The van der Waals surface area contributed by atoms with Gasteiger partial charge in [-0.25, -0.2) is 4.98 Å². The molecule has 110 valence electrons. The van der Waals surface area contributed by atoms with E-state index < -0.39 is 0 Å². The molecule has 0 saturated heterocycles. The number of nitrogens with zero attached hydrogens (tertiary/aromatic N) is 1. The van der Waals surface area contributed by atoms with Crippen LogP contribution < -0.4 is 10.6 Å². The average molecular weight is 303 g/mol. The predicted octanol–water partition coefficient (Wildman–Crippen LogP) is 2.60. The molecule has 2 amide bonds. The van der Waals surface area contributed by atoms with Crippen molar-refractivity contribution < 1.29 is 9.59 Å². The number of thiophene rings is 1. The molecule has 0 aromatic carbocycles. The monoisotopic (exact) mass is 303 g/mol. The first-order valence-corrected chi connectivity index (χ1v) is 7.57. The third-order valence-corrected chi connectivity index (χ3v) is 3.66. The van der Waals surface area contributed by atoms with Crippen LogP contribution in [-0.4, -0.2) is 23.3 Å². The van der Waals surface area contributed by atoms with Crippen LogP contribution in [0.2, 0.25) is 0 Å². The summed E-state index contributed by atoms with van der Waals surface area (Å²) in [7, 11) is 0. The normalized spacial score (nSPS) is 10.1. The van der Waals surface area contributed by atoms with Gasteiger partial charge < -0.3 is 10.6 Å². The molecule has 2 aromatic heterocycles. The highest BCUT2D eigenvalue weighted by Gasteiger charge is 2.06. The highest BCUT2D eigenvalue weighted by atomic mass is 32.1. The van der Waals surface area contributed by atoms with Crippen LogP contribution in [0.15, 0.2) is 35.8 Å². The number of carbonyl (C=O) groups is 2. The van der Waals surface area contributed by atoms with Crippen LogP contribution in [0.3, 0.4) is 0 Å². The Morgan fingerprint density at radius 1 is 1.29 bits per heavy atom. The van der Waals surface area contributed by atoms with Gasteiger partial charge in [-0.1, -0.05) is 12.1 Å². The number of carbonyl (C=O) groups excluding carboxylic acids is 2. The predicted molar refractivity (Wildman–Crippen MR) is 83.5 cm³/mol. The minimum Gasteiger partial charge on any atom is -0.351 e. The van der Waals surface area contributed by atoms with E-state index in [9.17, 15) is 9.59 Å². The van der Waals surface area contributed by atoms with E-state index >= 15 is 0 Å². The zero-order valence-corrected chi connectivity index (χ0v) is 12.6. The van der Waals surface area contributed by atoms with Crippen molar-refractivity contribution >= 4 is 29.0 Å². The summed E-state index contributed by atoms with van der Waals surface area (Å²) in [4.78, 5) is 28.2. The quantitative estimate of drug-likeness (QED) is 0.806. The zero-order chi connectivity index (χ0) is 15.1. The number of pyridine rings is 1. The molecule has 21 heavy (non-hydrogen) atoms. The van der Waals surface area contributed by atoms with Crippen LogP contribution in [0, 0.1) is 6.92 Å². The molecule has 0 bridgehead atoms. The molecule has 5 nitrogen and oxygen atoms in total. The number of hydrogen-bond acceptors (Lipinski definition) is 4. The minimum absolute atomic E-state index is 0.0920. The molecule has 2 heterocycles. The first-order valence-electron chi connectivity index (χ1n) is 6.69. The van der Waals surface area contributed by atoms with Crippen molar-refractivity contribution in [1.82, 2.24) is 10.3 Å². The summed E-state index contributed by atoms with van der Waals surface area (Å²) in [5.41, 5.74) is 1.05. The van der Waals surface area contributed by atoms with Gasteiger partial charge in [0.15, 0.2) is 0 Å². The summed E-state index contributed by atoms with van der Waals surface area (Å²) in [6.07, 6.45) is 2.64. The van der Waals surface area contributed by atoms with Crippen molar-refractivity contribution in [2.24, 2.45) is 0 Å². The Labute approximate surface area is 127 Å². The minimum atomic E-state index is -0.100. The van der Waals surface area contributed by atoms with E-state index in [-0.39, 0.29) is 11.8 Å². The SMILES string of the molecule is Cc1ccc(NC(=O)CCCNC(=O)c2cccs2)nc1. The average Bonchev–Trinajstić information content (AvgIpc) is 3.00. The molecule has 0 aliphatic carbocycles. The second-order valence-corrected chi connectivity index (χ2v) is 5.55. The number of nitrogens with one attached hydrogen (secondary N) is 2. The summed E-state index contributed by atoms with van der Waals surface area (Å²) < 4.78 is 0. The van der Waals surface area contributed by atoms with Crippen molar-refractivity contribution in [2.45, 2.75) is 19.8 Å². The molecule has 0 aliphatic rings. The van der Waals surface area contributed by atoms with Crippen LogP contribution >= 0.6 is 11.3 Å². The van der Waals surface area contributed by atoms with E-state index in [1.807, 2.05) is 24.4 Å².